The van der Waals surface area contributed by atoms with Crippen molar-refractivity contribution in [2.45, 2.75) is 32.4 Å². The number of nitrogens with one attached hydrogen (secondary N) is 1. The summed E-state index contributed by atoms with van der Waals surface area (Å²) in [5.74, 6) is 0.157. The number of fused-ring (bicyclic) bond motifs is 1. The van der Waals surface area contributed by atoms with E-state index in [2.05, 4.69) is 5.32 Å². The van der Waals surface area contributed by atoms with Crippen molar-refractivity contribution in [2.75, 3.05) is 13.2 Å². The monoisotopic (exact) mass is 293 g/mol. The van der Waals surface area contributed by atoms with Crippen molar-refractivity contribution in [3.05, 3.63) is 24.3 Å². The Bertz CT molecular complexity index is 517. The Kier molecular flexibility index (Phi) is 5.03. The van der Waals surface area contributed by atoms with Crippen LogP contribution in [0.15, 0.2) is 24.3 Å². The van der Waals surface area contributed by atoms with Crippen LogP contribution in [0.1, 0.15) is 20.3 Å². The van der Waals surface area contributed by atoms with Crippen molar-refractivity contribution in [3.8, 4) is 11.5 Å². The number of amides is 1. The Labute approximate surface area is 123 Å². The van der Waals surface area contributed by atoms with Gasteiger partial charge in [-0.3, -0.25) is 4.79 Å². The SMILES string of the molecule is CC[C@H](C)NC(=O)COC(=O)[C@@H]1COc2ccccc2O1. The van der Waals surface area contributed by atoms with Gasteiger partial charge >= 0.3 is 5.97 Å². The Morgan fingerprint density at radius 3 is 2.81 bits per heavy atom. The number of esters is 1. The highest BCUT2D eigenvalue weighted by molar-refractivity contribution is 5.82. The molecular formula is C15H19NO5. The molecule has 1 heterocycles. The highest BCUT2D eigenvalue weighted by Gasteiger charge is 2.29. The van der Waals surface area contributed by atoms with Crippen molar-refractivity contribution in [1.82, 2.24) is 5.32 Å². The molecule has 1 amide bonds. The van der Waals surface area contributed by atoms with Crippen molar-refractivity contribution < 1.29 is 23.8 Å². The second kappa shape index (κ2) is 6.97. The zero-order chi connectivity index (χ0) is 15.2. The molecule has 1 aromatic carbocycles. The average Bonchev–Trinajstić information content (AvgIpc) is 2.51. The summed E-state index contributed by atoms with van der Waals surface area (Å²) in [5, 5.41) is 2.72. The second-order valence-corrected chi connectivity index (χ2v) is 4.85. The highest BCUT2D eigenvalue weighted by Crippen LogP contribution is 2.31. The lowest BCUT2D eigenvalue weighted by molar-refractivity contribution is -0.157. The molecule has 1 aromatic rings. The second-order valence-electron chi connectivity index (χ2n) is 4.85. The van der Waals surface area contributed by atoms with Crippen LogP contribution >= 0.6 is 0 Å². The number of benzene rings is 1. The molecule has 6 nitrogen and oxygen atoms in total. The van der Waals surface area contributed by atoms with Gasteiger partial charge in [0.25, 0.3) is 5.91 Å². The van der Waals surface area contributed by atoms with E-state index < -0.39 is 12.1 Å². The summed E-state index contributed by atoms with van der Waals surface area (Å²) in [6.07, 6.45) is -0.0351. The predicted octanol–water partition coefficient (Wildman–Crippen LogP) is 1.28. The fourth-order valence-corrected chi connectivity index (χ4v) is 1.78. The van der Waals surface area contributed by atoms with E-state index in [0.717, 1.165) is 6.42 Å². The van der Waals surface area contributed by atoms with E-state index in [1.54, 1.807) is 18.2 Å². The minimum atomic E-state index is -0.851. The smallest absolute Gasteiger partial charge is 0.351 e. The van der Waals surface area contributed by atoms with Gasteiger partial charge < -0.3 is 19.5 Å². The molecule has 0 aliphatic carbocycles. The average molecular weight is 293 g/mol. The van der Waals surface area contributed by atoms with E-state index in [0.29, 0.717) is 11.5 Å². The zero-order valence-electron chi connectivity index (χ0n) is 12.1. The molecular weight excluding hydrogens is 274 g/mol. The minimum absolute atomic E-state index is 0.0531. The first kappa shape index (κ1) is 15.2. The first-order valence-corrected chi connectivity index (χ1v) is 6.94. The Morgan fingerprint density at radius 1 is 1.38 bits per heavy atom. The minimum Gasteiger partial charge on any atom is -0.485 e. The molecule has 0 bridgehead atoms. The Morgan fingerprint density at radius 2 is 2.10 bits per heavy atom. The number of rotatable bonds is 5. The largest absolute Gasteiger partial charge is 0.485 e. The van der Waals surface area contributed by atoms with Gasteiger partial charge in [-0.05, 0) is 25.5 Å². The van der Waals surface area contributed by atoms with Crippen LogP contribution in [0.25, 0.3) is 0 Å². The van der Waals surface area contributed by atoms with Crippen LogP contribution in [0.2, 0.25) is 0 Å². The van der Waals surface area contributed by atoms with Crippen molar-refractivity contribution >= 4 is 11.9 Å². The first-order chi connectivity index (χ1) is 10.1. The summed E-state index contributed by atoms with van der Waals surface area (Å²) in [5.41, 5.74) is 0. The fraction of sp³-hybridized carbons (Fsp3) is 0.467. The molecule has 0 spiro atoms. The van der Waals surface area contributed by atoms with E-state index in [-0.39, 0.29) is 25.2 Å². The maximum absolute atomic E-state index is 11.9. The number of hydrogen-bond acceptors (Lipinski definition) is 5. The van der Waals surface area contributed by atoms with Crippen LogP contribution in [-0.2, 0) is 14.3 Å². The number of ether oxygens (including phenoxy) is 3. The van der Waals surface area contributed by atoms with Gasteiger partial charge in [-0.2, -0.15) is 0 Å². The Balaban J connectivity index is 1.81. The van der Waals surface area contributed by atoms with Crippen molar-refractivity contribution in [2.24, 2.45) is 0 Å². The standard InChI is InChI=1S/C15H19NO5/c1-3-10(2)16-14(17)9-20-15(18)13-8-19-11-6-4-5-7-12(11)21-13/h4-7,10,13H,3,8-9H2,1-2H3,(H,16,17)/t10-,13-/m0/s1. The summed E-state index contributed by atoms with van der Waals surface area (Å²) >= 11 is 0. The fourth-order valence-electron chi connectivity index (χ4n) is 1.78. The summed E-state index contributed by atoms with van der Waals surface area (Å²) in [7, 11) is 0. The summed E-state index contributed by atoms with van der Waals surface area (Å²) in [6.45, 7) is 3.60. The van der Waals surface area contributed by atoms with Crippen LogP contribution in [0.3, 0.4) is 0 Å². The molecule has 1 N–H and O–H groups in total. The highest BCUT2D eigenvalue weighted by atomic mass is 16.6. The molecule has 6 heteroatoms. The molecule has 21 heavy (non-hydrogen) atoms. The van der Waals surface area contributed by atoms with Gasteiger partial charge in [0, 0.05) is 6.04 Å². The molecule has 1 aliphatic rings. The number of carbonyl (C=O) groups is 2. The molecule has 0 saturated heterocycles. The molecule has 0 saturated carbocycles. The number of para-hydroxylation sites is 2. The van der Waals surface area contributed by atoms with Crippen LogP contribution in [-0.4, -0.2) is 37.2 Å². The summed E-state index contributed by atoms with van der Waals surface area (Å²) < 4.78 is 15.9. The molecule has 0 unspecified atom stereocenters. The Hall–Kier alpha value is -2.24. The van der Waals surface area contributed by atoms with Gasteiger partial charge in [-0.15, -0.1) is 0 Å². The molecule has 1 aliphatic heterocycles. The van der Waals surface area contributed by atoms with Crippen molar-refractivity contribution in [3.63, 3.8) is 0 Å². The van der Waals surface area contributed by atoms with Crippen LogP contribution in [0, 0.1) is 0 Å². The lowest BCUT2D eigenvalue weighted by atomic mass is 10.2. The first-order valence-electron chi connectivity index (χ1n) is 6.94. The van der Waals surface area contributed by atoms with Crippen molar-refractivity contribution in [1.29, 1.82) is 0 Å². The van der Waals surface area contributed by atoms with Crippen LogP contribution in [0.4, 0.5) is 0 Å². The van der Waals surface area contributed by atoms with Gasteiger partial charge in [-0.25, -0.2) is 4.79 Å². The third-order valence-electron chi connectivity index (χ3n) is 3.14. The summed E-state index contributed by atoms with van der Waals surface area (Å²) in [4.78, 5) is 23.4. The molecule has 0 aromatic heterocycles. The van der Waals surface area contributed by atoms with Gasteiger partial charge in [0.05, 0.1) is 0 Å². The zero-order valence-corrected chi connectivity index (χ0v) is 12.1. The topological polar surface area (TPSA) is 73.9 Å². The van der Waals surface area contributed by atoms with E-state index in [9.17, 15) is 9.59 Å². The molecule has 2 atom stereocenters. The molecule has 0 fully saturated rings. The quantitative estimate of drug-likeness (QED) is 0.828. The lowest BCUT2D eigenvalue weighted by Crippen LogP contribution is -2.40. The maximum Gasteiger partial charge on any atom is 0.351 e. The lowest BCUT2D eigenvalue weighted by Gasteiger charge is -2.24. The predicted molar refractivity (Wildman–Crippen MR) is 75.2 cm³/mol. The molecule has 114 valence electrons. The van der Waals surface area contributed by atoms with Crippen LogP contribution in [0.5, 0.6) is 11.5 Å². The molecule has 2 rings (SSSR count). The van der Waals surface area contributed by atoms with E-state index in [4.69, 9.17) is 14.2 Å². The normalized spacial score (nSPS) is 17.7. The number of carbonyl (C=O) groups excluding carboxylic acids is 2. The van der Waals surface area contributed by atoms with E-state index >= 15 is 0 Å². The third-order valence-corrected chi connectivity index (χ3v) is 3.14. The van der Waals surface area contributed by atoms with Crippen LogP contribution < -0.4 is 14.8 Å². The number of hydrogen-bond donors (Lipinski definition) is 1. The van der Waals surface area contributed by atoms with Gasteiger partial charge in [0.1, 0.15) is 6.61 Å². The van der Waals surface area contributed by atoms with Gasteiger partial charge in [-0.1, -0.05) is 19.1 Å². The summed E-state index contributed by atoms with van der Waals surface area (Å²) in [6, 6.07) is 7.13. The van der Waals surface area contributed by atoms with E-state index in [1.807, 2.05) is 19.9 Å². The third kappa shape index (κ3) is 4.11. The van der Waals surface area contributed by atoms with E-state index in [1.165, 1.54) is 0 Å². The van der Waals surface area contributed by atoms with Gasteiger partial charge in [0.15, 0.2) is 18.1 Å². The molecule has 0 radical (unpaired) electrons. The van der Waals surface area contributed by atoms with Gasteiger partial charge in [0.2, 0.25) is 6.10 Å². The maximum atomic E-state index is 11.9.